The highest BCUT2D eigenvalue weighted by Crippen LogP contribution is 2.16. The zero-order valence-electron chi connectivity index (χ0n) is 8.11. The van der Waals surface area contributed by atoms with Crippen molar-refractivity contribution >= 4 is 15.9 Å². The minimum atomic E-state index is 0.634. The van der Waals surface area contributed by atoms with E-state index < -0.39 is 0 Å². The van der Waals surface area contributed by atoms with Crippen LogP contribution in [0.2, 0.25) is 0 Å². The third kappa shape index (κ3) is 3.09. The van der Waals surface area contributed by atoms with Gasteiger partial charge in [0.15, 0.2) is 0 Å². The highest BCUT2D eigenvalue weighted by Gasteiger charge is 1.96. The Labute approximate surface area is 96.6 Å². The Morgan fingerprint density at radius 2 is 2.07 bits per heavy atom. The standard InChI is InChI=1S/C11H11BrN2O/c12-9-1-3-10(4-2-9)15-8-5-11-13-6-7-14-11/h1-4,6-7H,5,8H2,(H,13,14). The van der Waals surface area contributed by atoms with Crippen LogP contribution in [0.5, 0.6) is 5.75 Å². The number of hydrogen-bond donors (Lipinski definition) is 1. The Bertz CT molecular complexity index is 397. The highest BCUT2D eigenvalue weighted by atomic mass is 79.9. The first-order chi connectivity index (χ1) is 7.34. The molecule has 1 N–H and O–H groups in total. The summed E-state index contributed by atoms with van der Waals surface area (Å²) in [6, 6.07) is 7.79. The smallest absolute Gasteiger partial charge is 0.119 e. The summed E-state index contributed by atoms with van der Waals surface area (Å²) in [6.45, 7) is 0.634. The van der Waals surface area contributed by atoms with Crippen molar-refractivity contribution in [3.8, 4) is 5.75 Å². The van der Waals surface area contributed by atoms with E-state index in [0.717, 1.165) is 22.5 Å². The third-order valence-electron chi connectivity index (χ3n) is 1.98. The molecule has 0 bridgehead atoms. The van der Waals surface area contributed by atoms with Crippen molar-refractivity contribution in [2.45, 2.75) is 6.42 Å². The van der Waals surface area contributed by atoms with Gasteiger partial charge in [-0.3, -0.25) is 0 Å². The molecule has 0 unspecified atom stereocenters. The number of halogens is 1. The van der Waals surface area contributed by atoms with Gasteiger partial charge in [-0.15, -0.1) is 0 Å². The SMILES string of the molecule is Brc1ccc(OCCc2ncc[nH]2)cc1. The number of nitrogens with one attached hydrogen (secondary N) is 1. The summed E-state index contributed by atoms with van der Waals surface area (Å²) in [5, 5.41) is 0. The molecule has 0 aliphatic carbocycles. The van der Waals surface area contributed by atoms with E-state index in [1.165, 1.54) is 0 Å². The first-order valence-electron chi connectivity index (χ1n) is 4.71. The molecule has 1 aromatic heterocycles. The van der Waals surface area contributed by atoms with E-state index in [-0.39, 0.29) is 0 Å². The van der Waals surface area contributed by atoms with Gasteiger partial charge in [0.1, 0.15) is 11.6 Å². The molecular formula is C11H11BrN2O. The lowest BCUT2D eigenvalue weighted by Crippen LogP contribution is -2.02. The second-order valence-corrected chi connectivity index (χ2v) is 4.00. The second-order valence-electron chi connectivity index (χ2n) is 3.09. The maximum Gasteiger partial charge on any atom is 0.119 e. The van der Waals surface area contributed by atoms with Crippen molar-refractivity contribution in [3.63, 3.8) is 0 Å². The van der Waals surface area contributed by atoms with Gasteiger partial charge in [0.25, 0.3) is 0 Å². The van der Waals surface area contributed by atoms with Gasteiger partial charge in [-0.1, -0.05) is 15.9 Å². The van der Waals surface area contributed by atoms with Crippen molar-refractivity contribution in [2.24, 2.45) is 0 Å². The molecule has 1 aromatic carbocycles. The summed E-state index contributed by atoms with van der Waals surface area (Å²) in [5.41, 5.74) is 0. The Morgan fingerprint density at radius 3 is 2.73 bits per heavy atom. The van der Waals surface area contributed by atoms with Crippen molar-refractivity contribution in [2.75, 3.05) is 6.61 Å². The summed E-state index contributed by atoms with van der Waals surface area (Å²) in [7, 11) is 0. The number of H-pyrrole nitrogens is 1. The lowest BCUT2D eigenvalue weighted by Gasteiger charge is -2.04. The summed E-state index contributed by atoms with van der Waals surface area (Å²) in [4.78, 5) is 7.15. The number of aromatic nitrogens is 2. The Kier molecular flexibility index (Phi) is 3.40. The molecule has 0 aliphatic heterocycles. The van der Waals surface area contributed by atoms with E-state index in [2.05, 4.69) is 25.9 Å². The average molecular weight is 267 g/mol. The summed E-state index contributed by atoms with van der Waals surface area (Å²) >= 11 is 3.37. The zero-order valence-corrected chi connectivity index (χ0v) is 9.70. The van der Waals surface area contributed by atoms with Crippen LogP contribution in [0, 0.1) is 0 Å². The topological polar surface area (TPSA) is 37.9 Å². The van der Waals surface area contributed by atoms with E-state index in [4.69, 9.17) is 4.74 Å². The highest BCUT2D eigenvalue weighted by molar-refractivity contribution is 9.10. The van der Waals surface area contributed by atoms with Crippen LogP contribution in [0.4, 0.5) is 0 Å². The fraction of sp³-hybridized carbons (Fsp3) is 0.182. The molecule has 0 fully saturated rings. The van der Waals surface area contributed by atoms with Gasteiger partial charge >= 0.3 is 0 Å². The van der Waals surface area contributed by atoms with Gasteiger partial charge in [-0.05, 0) is 24.3 Å². The van der Waals surface area contributed by atoms with Gasteiger partial charge in [0.2, 0.25) is 0 Å². The van der Waals surface area contributed by atoms with Crippen LogP contribution in [0.3, 0.4) is 0 Å². The Morgan fingerprint density at radius 1 is 1.27 bits per heavy atom. The molecule has 0 aliphatic rings. The number of hydrogen-bond acceptors (Lipinski definition) is 2. The molecule has 0 radical (unpaired) electrons. The zero-order chi connectivity index (χ0) is 10.5. The molecule has 3 nitrogen and oxygen atoms in total. The third-order valence-corrected chi connectivity index (χ3v) is 2.50. The van der Waals surface area contributed by atoms with E-state index in [1.807, 2.05) is 30.5 Å². The van der Waals surface area contributed by atoms with Crippen LogP contribution in [0.25, 0.3) is 0 Å². The van der Waals surface area contributed by atoms with Crippen LogP contribution in [-0.2, 0) is 6.42 Å². The van der Waals surface area contributed by atoms with E-state index in [0.29, 0.717) is 6.61 Å². The fourth-order valence-corrected chi connectivity index (χ4v) is 1.50. The number of rotatable bonds is 4. The lowest BCUT2D eigenvalue weighted by atomic mass is 10.3. The maximum atomic E-state index is 5.55. The minimum absolute atomic E-state index is 0.634. The van der Waals surface area contributed by atoms with Crippen molar-refractivity contribution < 1.29 is 4.74 Å². The van der Waals surface area contributed by atoms with E-state index in [1.54, 1.807) is 6.20 Å². The van der Waals surface area contributed by atoms with Crippen molar-refractivity contribution in [1.29, 1.82) is 0 Å². The van der Waals surface area contributed by atoms with Crippen molar-refractivity contribution in [1.82, 2.24) is 9.97 Å². The normalized spacial score (nSPS) is 10.2. The van der Waals surface area contributed by atoms with Crippen LogP contribution in [0.15, 0.2) is 41.1 Å². The second kappa shape index (κ2) is 4.98. The van der Waals surface area contributed by atoms with Gasteiger partial charge in [0.05, 0.1) is 6.61 Å². The number of nitrogens with zero attached hydrogens (tertiary/aromatic N) is 1. The predicted molar refractivity (Wildman–Crippen MR) is 61.9 cm³/mol. The quantitative estimate of drug-likeness (QED) is 0.924. The van der Waals surface area contributed by atoms with Crippen LogP contribution in [-0.4, -0.2) is 16.6 Å². The van der Waals surface area contributed by atoms with Crippen LogP contribution in [0.1, 0.15) is 5.82 Å². The molecule has 0 atom stereocenters. The number of imidazole rings is 1. The number of benzene rings is 1. The molecule has 4 heteroatoms. The summed E-state index contributed by atoms with van der Waals surface area (Å²) in [5.74, 6) is 1.83. The molecule has 2 rings (SSSR count). The molecule has 0 amide bonds. The van der Waals surface area contributed by atoms with Crippen LogP contribution >= 0.6 is 15.9 Å². The summed E-state index contributed by atoms with van der Waals surface area (Å²) in [6.07, 6.45) is 4.35. The first-order valence-corrected chi connectivity index (χ1v) is 5.50. The molecule has 0 saturated heterocycles. The number of aromatic amines is 1. The minimum Gasteiger partial charge on any atom is -0.493 e. The van der Waals surface area contributed by atoms with E-state index >= 15 is 0 Å². The fourth-order valence-electron chi connectivity index (χ4n) is 1.23. The lowest BCUT2D eigenvalue weighted by molar-refractivity contribution is 0.319. The Balaban J connectivity index is 1.81. The summed E-state index contributed by atoms with van der Waals surface area (Å²) < 4.78 is 6.61. The van der Waals surface area contributed by atoms with Gasteiger partial charge in [-0.25, -0.2) is 4.98 Å². The monoisotopic (exact) mass is 266 g/mol. The predicted octanol–water partition coefficient (Wildman–Crippen LogP) is 2.79. The van der Waals surface area contributed by atoms with Gasteiger partial charge in [-0.2, -0.15) is 0 Å². The average Bonchev–Trinajstić information content (AvgIpc) is 2.74. The molecular weight excluding hydrogens is 256 g/mol. The molecule has 1 heterocycles. The van der Waals surface area contributed by atoms with E-state index in [9.17, 15) is 0 Å². The van der Waals surface area contributed by atoms with Gasteiger partial charge < -0.3 is 9.72 Å². The first kappa shape index (κ1) is 10.2. The van der Waals surface area contributed by atoms with Crippen molar-refractivity contribution in [3.05, 3.63) is 47.0 Å². The van der Waals surface area contributed by atoms with Crippen LogP contribution < -0.4 is 4.74 Å². The molecule has 0 saturated carbocycles. The number of ether oxygens (including phenoxy) is 1. The Hall–Kier alpha value is -1.29. The molecule has 0 spiro atoms. The molecule has 15 heavy (non-hydrogen) atoms. The maximum absolute atomic E-state index is 5.55. The molecule has 2 aromatic rings. The van der Waals surface area contributed by atoms with Gasteiger partial charge in [0, 0.05) is 23.3 Å². The largest absolute Gasteiger partial charge is 0.493 e. The molecule has 78 valence electrons.